The Kier molecular flexibility index (Phi) is 10.1. The summed E-state index contributed by atoms with van der Waals surface area (Å²) in [4.78, 5) is 65.2. The van der Waals surface area contributed by atoms with Crippen LogP contribution in [0.2, 0.25) is 0 Å². The molecule has 0 unspecified atom stereocenters. The second-order valence-electron chi connectivity index (χ2n) is 14.4. The predicted octanol–water partition coefficient (Wildman–Crippen LogP) is 7.24. The summed E-state index contributed by atoms with van der Waals surface area (Å²) in [6, 6.07) is 32.1. The topological polar surface area (TPSA) is 169 Å². The lowest BCUT2D eigenvalue weighted by Crippen LogP contribution is -2.06. The highest BCUT2D eigenvalue weighted by Crippen LogP contribution is 2.23. The largest absolute Gasteiger partial charge is 0.489 e. The van der Waals surface area contributed by atoms with Gasteiger partial charge in [0.15, 0.2) is 0 Å². The number of imidazole rings is 3. The van der Waals surface area contributed by atoms with E-state index < -0.39 is 0 Å². The van der Waals surface area contributed by atoms with Crippen molar-refractivity contribution >= 4 is 34.7 Å². The Morgan fingerprint density at radius 3 is 0.968 bits per heavy atom. The van der Waals surface area contributed by atoms with Crippen molar-refractivity contribution in [2.75, 3.05) is 0 Å². The molecule has 0 spiro atoms. The maximum Gasteiger partial charge on any atom is 0.234 e. The monoisotopic (exact) mass is 831 g/mol. The highest BCUT2D eigenvalue weighted by Gasteiger charge is 2.18. The number of hydrogen-bond donors (Lipinski definition) is 0. The van der Waals surface area contributed by atoms with Gasteiger partial charge >= 0.3 is 0 Å². The van der Waals surface area contributed by atoms with Gasteiger partial charge in [0.05, 0.1) is 18.6 Å². The van der Waals surface area contributed by atoms with Crippen molar-refractivity contribution in [3.05, 3.63) is 215 Å². The molecule has 63 heavy (non-hydrogen) atoms. The van der Waals surface area contributed by atoms with Gasteiger partial charge in [-0.15, -0.1) is 0 Å². The fourth-order valence-electron chi connectivity index (χ4n) is 7.13. The van der Waals surface area contributed by atoms with Crippen molar-refractivity contribution in [3.8, 4) is 17.2 Å². The maximum atomic E-state index is 13.3. The van der Waals surface area contributed by atoms with E-state index in [4.69, 9.17) is 14.2 Å². The zero-order valence-corrected chi connectivity index (χ0v) is 33.2. The number of ketones is 3. The third-order valence-electron chi connectivity index (χ3n) is 10.2. The molecule has 0 N–H and O–H groups in total. The molecule has 10 rings (SSSR count). The molecule has 306 valence electrons. The number of benzene rings is 4. The zero-order chi connectivity index (χ0) is 42.7. The van der Waals surface area contributed by atoms with E-state index in [9.17, 15) is 14.4 Å². The van der Waals surface area contributed by atoms with Gasteiger partial charge in [0.2, 0.25) is 34.7 Å². The Balaban J connectivity index is 0.837. The molecule has 15 nitrogen and oxygen atoms in total. The van der Waals surface area contributed by atoms with E-state index in [1.807, 2.05) is 18.2 Å². The molecule has 0 aliphatic carbocycles. The van der Waals surface area contributed by atoms with Crippen LogP contribution in [0.5, 0.6) is 17.2 Å². The van der Waals surface area contributed by atoms with E-state index in [1.165, 1.54) is 18.6 Å². The first-order valence-corrected chi connectivity index (χ1v) is 19.7. The van der Waals surface area contributed by atoms with Crippen LogP contribution in [0.15, 0.2) is 165 Å². The molecule has 0 bridgehead atoms. The van der Waals surface area contributed by atoms with Gasteiger partial charge in [-0.25, -0.2) is 29.9 Å². The first-order chi connectivity index (χ1) is 30.9. The standard InChI is InChI=1S/C48H33N9O6/c58-43(40-25-52-46-49-16-1-19-55(40)46)34-4-10-37(11-5-34)61-28-31-22-32(29-62-38-12-6-35(7-13-38)44(59)41-26-53-47-50-17-2-20-56(41)47)24-33(23-31)30-63-39-14-8-36(9-15-39)45(60)42-27-54-48-51-18-3-21-57(42)48/h1-27H,28-30H2. The van der Waals surface area contributed by atoms with Crippen LogP contribution in [0, 0.1) is 0 Å². The summed E-state index contributed by atoms with van der Waals surface area (Å²) in [5, 5.41) is 0. The molecule has 6 aromatic heterocycles. The molecule has 15 heteroatoms. The molecule has 0 saturated carbocycles. The summed E-state index contributed by atoms with van der Waals surface area (Å²) < 4.78 is 23.6. The third kappa shape index (κ3) is 7.96. The van der Waals surface area contributed by atoms with Crippen LogP contribution < -0.4 is 14.2 Å². The average molecular weight is 832 g/mol. The summed E-state index contributed by atoms with van der Waals surface area (Å²) in [5.41, 5.74) is 5.29. The molecule has 0 saturated heterocycles. The van der Waals surface area contributed by atoms with E-state index in [-0.39, 0.29) is 37.2 Å². The molecule has 4 aromatic carbocycles. The second kappa shape index (κ2) is 16.7. The number of carbonyl (C=O) groups excluding carboxylic acids is 3. The Labute approximate surface area is 357 Å². The molecular weight excluding hydrogens is 799 g/mol. The molecule has 0 amide bonds. The lowest BCUT2D eigenvalue weighted by molar-refractivity contribution is 0.102. The number of rotatable bonds is 15. The summed E-state index contributed by atoms with van der Waals surface area (Å²) in [5.74, 6) is 2.53. The number of hydrogen-bond acceptors (Lipinski definition) is 12. The van der Waals surface area contributed by atoms with Crippen LogP contribution in [0.3, 0.4) is 0 Å². The van der Waals surface area contributed by atoms with Crippen molar-refractivity contribution in [2.45, 2.75) is 19.8 Å². The maximum absolute atomic E-state index is 13.3. The van der Waals surface area contributed by atoms with Crippen LogP contribution in [0.25, 0.3) is 17.3 Å². The molecular formula is C48H33N9O6. The predicted molar refractivity (Wildman–Crippen MR) is 228 cm³/mol. The van der Waals surface area contributed by atoms with Gasteiger partial charge in [-0.05, 0) is 126 Å². The minimum absolute atomic E-state index is 0.184. The van der Waals surface area contributed by atoms with Crippen LogP contribution in [0.4, 0.5) is 0 Å². The van der Waals surface area contributed by atoms with Crippen molar-refractivity contribution in [1.29, 1.82) is 0 Å². The van der Waals surface area contributed by atoms with Crippen molar-refractivity contribution < 1.29 is 28.6 Å². The molecule has 10 aromatic rings. The molecule has 0 aliphatic rings. The Hall–Kier alpha value is -8.85. The minimum atomic E-state index is -0.184. The van der Waals surface area contributed by atoms with Crippen molar-refractivity contribution in [3.63, 3.8) is 0 Å². The summed E-state index contributed by atoms with van der Waals surface area (Å²) in [6.07, 6.45) is 14.7. The van der Waals surface area contributed by atoms with E-state index in [0.717, 1.165) is 16.7 Å². The molecule has 0 fully saturated rings. The minimum Gasteiger partial charge on any atom is -0.489 e. The van der Waals surface area contributed by atoms with Gasteiger partial charge < -0.3 is 14.2 Å². The number of carbonyl (C=O) groups is 3. The van der Waals surface area contributed by atoms with Gasteiger partial charge in [-0.2, -0.15) is 0 Å². The van der Waals surface area contributed by atoms with Gasteiger partial charge in [-0.1, -0.05) is 0 Å². The number of nitrogens with zero attached hydrogens (tertiary/aromatic N) is 9. The van der Waals surface area contributed by atoms with Crippen LogP contribution in [-0.4, -0.2) is 60.5 Å². The first kappa shape index (κ1) is 38.4. The van der Waals surface area contributed by atoms with Gasteiger partial charge in [0, 0.05) is 53.9 Å². The lowest BCUT2D eigenvalue weighted by atomic mass is 10.1. The number of ether oxygens (including phenoxy) is 3. The van der Waals surface area contributed by atoms with Crippen LogP contribution in [0.1, 0.15) is 64.8 Å². The molecule has 0 atom stereocenters. The summed E-state index contributed by atoms with van der Waals surface area (Å²) in [6.45, 7) is 0.662. The van der Waals surface area contributed by atoms with Crippen LogP contribution in [-0.2, 0) is 19.8 Å². The van der Waals surface area contributed by atoms with Gasteiger partial charge in [-0.3, -0.25) is 27.6 Å². The Bertz CT molecular complexity index is 2940. The Morgan fingerprint density at radius 2 is 0.683 bits per heavy atom. The van der Waals surface area contributed by atoms with Crippen LogP contribution >= 0.6 is 0 Å². The van der Waals surface area contributed by atoms with E-state index in [2.05, 4.69) is 29.9 Å². The van der Waals surface area contributed by atoms with E-state index >= 15 is 0 Å². The van der Waals surface area contributed by atoms with E-state index in [1.54, 1.807) is 141 Å². The molecule has 0 aliphatic heterocycles. The third-order valence-corrected chi connectivity index (χ3v) is 10.2. The quantitative estimate of drug-likeness (QED) is 0.0951. The average Bonchev–Trinajstić information content (AvgIpc) is 4.10. The smallest absolute Gasteiger partial charge is 0.234 e. The first-order valence-electron chi connectivity index (χ1n) is 19.7. The highest BCUT2D eigenvalue weighted by atomic mass is 16.5. The molecule has 0 radical (unpaired) electrons. The second-order valence-corrected chi connectivity index (χ2v) is 14.4. The van der Waals surface area contributed by atoms with Crippen molar-refractivity contribution in [1.82, 2.24) is 43.1 Å². The summed E-state index contributed by atoms with van der Waals surface area (Å²) in [7, 11) is 0. The highest BCUT2D eigenvalue weighted by molar-refractivity contribution is 6.09. The fraction of sp³-hybridized carbons (Fsp3) is 0.0625. The SMILES string of the molecule is O=C(c1ccc(OCc2cc(COc3ccc(C(=O)c4cnc5ncccn45)cc3)cc(COc3ccc(C(=O)c4cnc5ncccn45)cc3)c2)cc1)c1cnc2ncccn12. The number of fused-ring (bicyclic) bond motifs is 3. The molecule has 6 heterocycles. The van der Waals surface area contributed by atoms with Gasteiger partial charge in [0.25, 0.3) is 0 Å². The Morgan fingerprint density at radius 1 is 0.397 bits per heavy atom. The lowest BCUT2D eigenvalue weighted by Gasteiger charge is -2.14. The number of aromatic nitrogens is 9. The zero-order valence-electron chi connectivity index (χ0n) is 33.2. The van der Waals surface area contributed by atoms with E-state index in [0.29, 0.717) is 68.4 Å². The van der Waals surface area contributed by atoms with Gasteiger partial charge in [0.1, 0.15) is 54.2 Å². The van der Waals surface area contributed by atoms with Crippen molar-refractivity contribution in [2.24, 2.45) is 0 Å². The summed E-state index contributed by atoms with van der Waals surface area (Å²) >= 11 is 0. The normalized spacial score (nSPS) is 11.2. The fourth-order valence-corrected chi connectivity index (χ4v) is 7.13.